The minimum atomic E-state index is 0.327. The monoisotopic (exact) mass is 280 g/mol. The molecule has 0 radical (unpaired) electrons. The Hall–Kier alpha value is -0.980. The van der Waals surface area contributed by atoms with E-state index in [1.54, 1.807) is 11.8 Å². The molecule has 1 unspecified atom stereocenters. The standard InChI is InChI=1S/C12H16N4S2/c1-4-10-15-12(18-16-10)17-11-7-9(5-6-14-11)8(2)13-3/h5-8,13H,4H2,1-3H3. The molecule has 0 fully saturated rings. The largest absolute Gasteiger partial charge is 0.313 e. The fourth-order valence-corrected chi connectivity index (χ4v) is 3.08. The van der Waals surface area contributed by atoms with Gasteiger partial charge in [0.15, 0.2) is 4.34 Å². The highest BCUT2D eigenvalue weighted by Gasteiger charge is 2.08. The Balaban J connectivity index is 2.13. The summed E-state index contributed by atoms with van der Waals surface area (Å²) in [5.74, 6) is 0.905. The lowest BCUT2D eigenvalue weighted by atomic mass is 10.1. The highest BCUT2D eigenvalue weighted by molar-refractivity contribution is 8.00. The molecule has 4 nitrogen and oxygen atoms in total. The van der Waals surface area contributed by atoms with Crippen LogP contribution in [-0.2, 0) is 6.42 Å². The summed E-state index contributed by atoms with van der Waals surface area (Å²) in [7, 11) is 1.95. The van der Waals surface area contributed by atoms with Crippen LogP contribution in [0.4, 0.5) is 0 Å². The lowest BCUT2D eigenvalue weighted by molar-refractivity contribution is 0.649. The molecule has 0 saturated heterocycles. The maximum Gasteiger partial charge on any atom is 0.176 e. The molecule has 2 aromatic rings. The molecule has 96 valence electrons. The summed E-state index contributed by atoms with van der Waals surface area (Å²) in [4.78, 5) is 8.79. The fraction of sp³-hybridized carbons (Fsp3) is 0.417. The highest BCUT2D eigenvalue weighted by Crippen LogP contribution is 2.28. The summed E-state index contributed by atoms with van der Waals surface area (Å²) < 4.78 is 5.23. The molecule has 0 aliphatic rings. The molecule has 2 heterocycles. The van der Waals surface area contributed by atoms with Gasteiger partial charge in [0.25, 0.3) is 0 Å². The van der Waals surface area contributed by atoms with Crippen molar-refractivity contribution >= 4 is 23.3 Å². The maximum atomic E-state index is 4.43. The van der Waals surface area contributed by atoms with Crippen molar-refractivity contribution in [2.45, 2.75) is 35.7 Å². The second-order valence-electron chi connectivity index (χ2n) is 3.87. The van der Waals surface area contributed by atoms with Crippen molar-refractivity contribution in [3.63, 3.8) is 0 Å². The van der Waals surface area contributed by atoms with E-state index in [0.29, 0.717) is 6.04 Å². The van der Waals surface area contributed by atoms with Crippen LogP contribution in [0.15, 0.2) is 27.7 Å². The average molecular weight is 280 g/mol. The SMILES string of the molecule is CCc1nsc(Sc2cc(C(C)NC)ccn2)n1. The van der Waals surface area contributed by atoms with Crippen LogP contribution >= 0.6 is 23.3 Å². The van der Waals surface area contributed by atoms with Gasteiger partial charge in [0.2, 0.25) is 0 Å². The van der Waals surface area contributed by atoms with Crippen LogP contribution in [0.3, 0.4) is 0 Å². The van der Waals surface area contributed by atoms with Crippen LogP contribution in [0.2, 0.25) is 0 Å². The van der Waals surface area contributed by atoms with E-state index < -0.39 is 0 Å². The summed E-state index contributed by atoms with van der Waals surface area (Å²) in [6, 6.07) is 4.45. The molecule has 2 rings (SSSR count). The summed E-state index contributed by atoms with van der Waals surface area (Å²) in [6.07, 6.45) is 2.72. The number of hydrogen-bond acceptors (Lipinski definition) is 6. The van der Waals surface area contributed by atoms with E-state index in [0.717, 1.165) is 21.6 Å². The smallest absolute Gasteiger partial charge is 0.176 e. The van der Waals surface area contributed by atoms with Gasteiger partial charge in [0.05, 0.1) is 0 Å². The molecule has 18 heavy (non-hydrogen) atoms. The van der Waals surface area contributed by atoms with Crippen LogP contribution in [0.25, 0.3) is 0 Å². The van der Waals surface area contributed by atoms with Crippen molar-refractivity contribution in [3.05, 3.63) is 29.7 Å². The van der Waals surface area contributed by atoms with E-state index in [4.69, 9.17) is 0 Å². The van der Waals surface area contributed by atoms with Gasteiger partial charge in [-0.3, -0.25) is 0 Å². The van der Waals surface area contributed by atoms with Crippen LogP contribution in [0.5, 0.6) is 0 Å². The Bertz CT molecular complexity index is 512. The van der Waals surface area contributed by atoms with Gasteiger partial charge in [-0.1, -0.05) is 6.92 Å². The first-order valence-corrected chi connectivity index (χ1v) is 7.45. The first-order valence-electron chi connectivity index (χ1n) is 5.86. The van der Waals surface area contributed by atoms with E-state index in [-0.39, 0.29) is 0 Å². The minimum Gasteiger partial charge on any atom is -0.313 e. The summed E-state index contributed by atoms with van der Waals surface area (Å²) in [5.41, 5.74) is 1.23. The zero-order valence-electron chi connectivity index (χ0n) is 10.7. The van der Waals surface area contributed by atoms with Gasteiger partial charge >= 0.3 is 0 Å². The quantitative estimate of drug-likeness (QED) is 0.912. The van der Waals surface area contributed by atoms with Gasteiger partial charge in [0.1, 0.15) is 10.9 Å². The number of aromatic nitrogens is 3. The van der Waals surface area contributed by atoms with Gasteiger partial charge in [-0.2, -0.15) is 4.37 Å². The number of aryl methyl sites for hydroxylation is 1. The molecule has 0 aromatic carbocycles. The number of nitrogens with one attached hydrogen (secondary N) is 1. The van der Waals surface area contributed by atoms with Gasteiger partial charge in [0, 0.05) is 18.7 Å². The molecule has 0 bridgehead atoms. The Labute approximate surface area is 115 Å². The fourth-order valence-electron chi connectivity index (χ4n) is 1.43. The second-order valence-corrected chi connectivity index (χ2v) is 5.89. The molecule has 2 aromatic heterocycles. The average Bonchev–Trinajstić information content (AvgIpc) is 2.86. The second kappa shape index (κ2) is 6.26. The molecule has 1 atom stereocenters. The van der Waals surface area contributed by atoms with Gasteiger partial charge in [-0.25, -0.2) is 9.97 Å². The predicted octanol–water partition coefficient (Wildman–Crippen LogP) is 2.93. The summed E-state index contributed by atoms with van der Waals surface area (Å²) in [6.45, 7) is 4.19. The Kier molecular flexibility index (Phi) is 4.68. The number of hydrogen-bond donors (Lipinski definition) is 1. The van der Waals surface area contributed by atoms with Crippen LogP contribution < -0.4 is 5.32 Å². The Morgan fingerprint density at radius 2 is 2.33 bits per heavy atom. The maximum absolute atomic E-state index is 4.43. The van der Waals surface area contributed by atoms with Crippen LogP contribution in [0, 0.1) is 0 Å². The van der Waals surface area contributed by atoms with Gasteiger partial charge < -0.3 is 5.32 Å². The predicted molar refractivity (Wildman–Crippen MR) is 75.1 cm³/mol. The molecule has 0 aliphatic heterocycles. The normalized spacial score (nSPS) is 12.6. The van der Waals surface area contributed by atoms with Crippen molar-refractivity contribution in [2.24, 2.45) is 0 Å². The summed E-state index contributed by atoms with van der Waals surface area (Å²) >= 11 is 3.01. The van der Waals surface area contributed by atoms with Crippen LogP contribution in [0.1, 0.15) is 31.3 Å². The third-order valence-electron chi connectivity index (χ3n) is 2.65. The molecule has 0 amide bonds. The van der Waals surface area contributed by atoms with Crippen molar-refractivity contribution in [2.75, 3.05) is 7.05 Å². The first kappa shape index (κ1) is 13.5. The van der Waals surface area contributed by atoms with Crippen molar-refractivity contribution in [3.8, 4) is 0 Å². The van der Waals surface area contributed by atoms with E-state index in [1.165, 1.54) is 17.1 Å². The molecular formula is C12H16N4S2. The number of rotatable bonds is 5. The third-order valence-corrected chi connectivity index (χ3v) is 4.37. The van der Waals surface area contributed by atoms with E-state index in [2.05, 4.69) is 39.6 Å². The topological polar surface area (TPSA) is 50.7 Å². The first-order chi connectivity index (χ1) is 8.72. The molecule has 6 heteroatoms. The molecule has 0 aliphatic carbocycles. The van der Waals surface area contributed by atoms with Crippen molar-refractivity contribution in [1.29, 1.82) is 0 Å². The van der Waals surface area contributed by atoms with Crippen molar-refractivity contribution < 1.29 is 0 Å². The van der Waals surface area contributed by atoms with Gasteiger partial charge in [-0.15, -0.1) is 0 Å². The molecular weight excluding hydrogens is 264 g/mol. The third kappa shape index (κ3) is 3.28. The molecule has 1 N–H and O–H groups in total. The molecule has 0 saturated carbocycles. The Morgan fingerprint density at radius 3 is 3.00 bits per heavy atom. The summed E-state index contributed by atoms with van der Waals surface area (Å²) in [5, 5.41) is 4.19. The number of pyridine rings is 1. The van der Waals surface area contributed by atoms with E-state index >= 15 is 0 Å². The van der Waals surface area contributed by atoms with Crippen molar-refractivity contribution in [1.82, 2.24) is 19.7 Å². The van der Waals surface area contributed by atoms with Crippen LogP contribution in [-0.4, -0.2) is 21.4 Å². The number of nitrogens with zero attached hydrogens (tertiary/aromatic N) is 3. The lowest BCUT2D eigenvalue weighted by Gasteiger charge is -2.10. The zero-order valence-corrected chi connectivity index (χ0v) is 12.3. The van der Waals surface area contributed by atoms with Gasteiger partial charge in [-0.05, 0) is 55.0 Å². The van der Waals surface area contributed by atoms with E-state index in [1.807, 2.05) is 19.3 Å². The highest BCUT2D eigenvalue weighted by atomic mass is 32.2. The zero-order chi connectivity index (χ0) is 13.0. The lowest BCUT2D eigenvalue weighted by Crippen LogP contribution is -2.12. The Morgan fingerprint density at radius 1 is 1.50 bits per heavy atom. The minimum absolute atomic E-state index is 0.327. The van der Waals surface area contributed by atoms with E-state index in [9.17, 15) is 0 Å². The molecule has 0 spiro atoms.